The van der Waals surface area contributed by atoms with Crippen molar-refractivity contribution >= 4 is 5.97 Å². The fourth-order valence-corrected chi connectivity index (χ4v) is 1.43. The summed E-state index contributed by atoms with van der Waals surface area (Å²) in [6.45, 7) is 11.2. The van der Waals surface area contributed by atoms with E-state index >= 15 is 0 Å². The Morgan fingerprint density at radius 3 is 2.32 bits per heavy atom. The molecule has 0 radical (unpaired) electrons. The third-order valence-corrected chi connectivity index (χ3v) is 2.27. The highest BCUT2D eigenvalue weighted by Gasteiger charge is 2.15. The molecular formula is C16H25FO2. The van der Waals surface area contributed by atoms with Gasteiger partial charge in [-0.05, 0) is 51.3 Å². The van der Waals surface area contributed by atoms with E-state index in [0.717, 1.165) is 5.56 Å². The molecule has 0 atom stereocenters. The number of hydrogen-bond donors (Lipinski definition) is 0. The summed E-state index contributed by atoms with van der Waals surface area (Å²) in [5.74, 6) is -0.481. The summed E-state index contributed by atoms with van der Waals surface area (Å²) in [5, 5.41) is 0. The second-order valence-electron chi connectivity index (χ2n) is 5.17. The molecular weight excluding hydrogens is 243 g/mol. The summed E-state index contributed by atoms with van der Waals surface area (Å²) in [4.78, 5) is 11.5. The monoisotopic (exact) mass is 268 g/mol. The fraction of sp³-hybridized carbons (Fsp3) is 0.562. The molecule has 0 amide bonds. The highest BCUT2D eigenvalue weighted by atomic mass is 19.1. The number of carbonyl (C=O) groups is 1. The SMILES string of the molecule is CC.Cc1ccc(CCC(=O)OC(C)(C)C)cc1F. The lowest BCUT2D eigenvalue weighted by Crippen LogP contribution is -2.24. The van der Waals surface area contributed by atoms with Crippen LogP contribution in [0.2, 0.25) is 0 Å². The zero-order valence-electron chi connectivity index (χ0n) is 12.8. The molecule has 0 unspecified atom stereocenters. The molecule has 108 valence electrons. The van der Waals surface area contributed by atoms with Crippen LogP contribution in [0.5, 0.6) is 0 Å². The maximum Gasteiger partial charge on any atom is 0.306 e. The van der Waals surface area contributed by atoms with E-state index in [0.29, 0.717) is 12.0 Å². The van der Waals surface area contributed by atoms with E-state index in [1.807, 2.05) is 40.7 Å². The van der Waals surface area contributed by atoms with Gasteiger partial charge in [-0.1, -0.05) is 26.0 Å². The molecule has 1 aromatic rings. The summed E-state index contributed by atoms with van der Waals surface area (Å²) in [6.07, 6.45) is 0.784. The Labute approximate surface area is 116 Å². The van der Waals surface area contributed by atoms with Crippen molar-refractivity contribution < 1.29 is 13.9 Å². The molecule has 0 fully saturated rings. The van der Waals surface area contributed by atoms with Crippen LogP contribution in [-0.4, -0.2) is 11.6 Å². The Hall–Kier alpha value is -1.38. The van der Waals surface area contributed by atoms with Crippen LogP contribution in [0.3, 0.4) is 0 Å². The van der Waals surface area contributed by atoms with Crippen molar-refractivity contribution in [2.45, 2.75) is 60.0 Å². The van der Waals surface area contributed by atoms with Crippen LogP contribution in [0, 0.1) is 12.7 Å². The van der Waals surface area contributed by atoms with E-state index < -0.39 is 5.60 Å². The van der Waals surface area contributed by atoms with Crippen LogP contribution in [0.1, 0.15) is 52.2 Å². The van der Waals surface area contributed by atoms with Gasteiger partial charge in [-0.3, -0.25) is 4.79 Å². The Morgan fingerprint density at radius 2 is 1.84 bits per heavy atom. The standard InChI is InChI=1S/C14H19FO2.C2H6/c1-10-5-6-11(9-12(10)15)7-8-13(16)17-14(2,3)4;1-2/h5-6,9H,7-8H2,1-4H3;1-2H3. The van der Waals surface area contributed by atoms with Crippen molar-refractivity contribution in [3.63, 3.8) is 0 Å². The first kappa shape index (κ1) is 17.6. The smallest absolute Gasteiger partial charge is 0.306 e. The Morgan fingerprint density at radius 1 is 1.26 bits per heavy atom. The van der Waals surface area contributed by atoms with Gasteiger partial charge in [0.05, 0.1) is 0 Å². The maximum atomic E-state index is 13.3. The van der Waals surface area contributed by atoms with Crippen LogP contribution in [-0.2, 0) is 16.0 Å². The molecule has 0 aliphatic heterocycles. The predicted octanol–water partition coefficient (Wildman–Crippen LogP) is 4.43. The summed E-state index contributed by atoms with van der Waals surface area (Å²) in [6, 6.07) is 5.03. The molecule has 1 aromatic carbocycles. The Balaban J connectivity index is 0.00000154. The lowest BCUT2D eigenvalue weighted by Gasteiger charge is -2.19. The molecule has 3 heteroatoms. The van der Waals surface area contributed by atoms with E-state index in [9.17, 15) is 9.18 Å². The fourth-order valence-electron chi connectivity index (χ4n) is 1.43. The van der Waals surface area contributed by atoms with Gasteiger partial charge in [0.2, 0.25) is 0 Å². The summed E-state index contributed by atoms with van der Waals surface area (Å²) in [7, 11) is 0. The van der Waals surface area contributed by atoms with Gasteiger partial charge in [0.25, 0.3) is 0 Å². The van der Waals surface area contributed by atoms with Crippen LogP contribution in [0.25, 0.3) is 0 Å². The first-order chi connectivity index (χ1) is 8.78. The minimum absolute atomic E-state index is 0.230. The van der Waals surface area contributed by atoms with Gasteiger partial charge in [-0.2, -0.15) is 0 Å². The third kappa shape index (κ3) is 7.60. The normalized spacial score (nSPS) is 10.5. The van der Waals surface area contributed by atoms with E-state index in [1.54, 1.807) is 13.0 Å². The lowest BCUT2D eigenvalue weighted by atomic mass is 10.1. The van der Waals surface area contributed by atoms with Crippen LogP contribution in [0.4, 0.5) is 4.39 Å². The van der Waals surface area contributed by atoms with Crippen molar-refractivity contribution in [1.82, 2.24) is 0 Å². The van der Waals surface area contributed by atoms with E-state index in [2.05, 4.69) is 0 Å². The van der Waals surface area contributed by atoms with Gasteiger partial charge in [0.1, 0.15) is 11.4 Å². The second-order valence-corrected chi connectivity index (χ2v) is 5.17. The van der Waals surface area contributed by atoms with Gasteiger partial charge in [0.15, 0.2) is 0 Å². The van der Waals surface area contributed by atoms with Crippen LogP contribution >= 0.6 is 0 Å². The van der Waals surface area contributed by atoms with Gasteiger partial charge >= 0.3 is 5.97 Å². The quantitative estimate of drug-likeness (QED) is 0.758. The van der Waals surface area contributed by atoms with Gasteiger partial charge in [-0.25, -0.2) is 4.39 Å². The molecule has 0 saturated carbocycles. The molecule has 19 heavy (non-hydrogen) atoms. The van der Waals surface area contributed by atoms with E-state index in [1.165, 1.54) is 6.07 Å². The van der Waals surface area contributed by atoms with Crippen molar-refractivity contribution in [3.8, 4) is 0 Å². The van der Waals surface area contributed by atoms with Gasteiger partial charge in [-0.15, -0.1) is 0 Å². The number of ether oxygens (including phenoxy) is 1. The van der Waals surface area contributed by atoms with Gasteiger partial charge < -0.3 is 4.74 Å². The first-order valence-corrected chi connectivity index (χ1v) is 6.75. The molecule has 0 heterocycles. The summed E-state index contributed by atoms with van der Waals surface area (Å²) >= 11 is 0. The molecule has 1 rings (SSSR count). The number of rotatable bonds is 3. The van der Waals surface area contributed by atoms with Gasteiger partial charge in [0, 0.05) is 6.42 Å². The molecule has 0 aromatic heterocycles. The average molecular weight is 268 g/mol. The predicted molar refractivity (Wildman–Crippen MR) is 76.7 cm³/mol. The Kier molecular flexibility index (Phi) is 7.35. The molecule has 0 bridgehead atoms. The first-order valence-electron chi connectivity index (χ1n) is 6.75. The Bertz CT molecular complexity index is 406. The summed E-state index contributed by atoms with van der Waals surface area (Å²) in [5.41, 5.74) is 0.972. The molecule has 0 aliphatic rings. The number of hydrogen-bond acceptors (Lipinski definition) is 2. The third-order valence-electron chi connectivity index (χ3n) is 2.27. The molecule has 0 N–H and O–H groups in total. The minimum atomic E-state index is -0.463. The van der Waals surface area contributed by atoms with Crippen LogP contribution < -0.4 is 0 Å². The lowest BCUT2D eigenvalue weighted by molar-refractivity contribution is -0.154. The largest absolute Gasteiger partial charge is 0.460 e. The van der Waals surface area contributed by atoms with Crippen molar-refractivity contribution in [3.05, 3.63) is 35.1 Å². The van der Waals surface area contributed by atoms with Crippen molar-refractivity contribution in [2.75, 3.05) is 0 Å². The van der Waals surface area contributed by atoms with Crippen LogP contribution in [0.15, 0.2) is 18.2 Å². The average Bonchev–Trinajstić information content (AvgIpc) is 2.31. The zero-order chi connectivity index (χ0) is 15.1. The highest BCUT2D eigenvalue weighted by molar-refractivity contribution is 5.70. The number of carbonyl (C=O) groups excluding carboxylic acids is 1. The molecule has 0 spiro atoms. The topological polar surface area (TPSA) is 26.3 Å². The zero-order valence-corrected chi connectivity index (χ0v) is 12.8. The van der Waals surface area contributed by atoms with Crippen molar-refractivity contribution in [2.24, 2.45) is 0 Å². The van der Waals surface area contributed by atoms with Crippen molar-refractivity contribution in [1.29, 1.82) is 0 Å². The van der Waals surface area contributed by atoms with E-state index in [-0.39, 0.29) is 18.2 Å². The highest BCUT2D eigenvalue weighted by Crippen LogP contribution is 2.13. The second kappa shape index (κ2) is 7.93. The number of halogens is 1. The minimum Gasteiger partial charge on any atom is -0.460 e. The van der Waals surface area contributed by atoms with E-state index in [4.69, 9.17) is 4.74 Å². The molecule has 0 saturated heterocycles. The number of benzene rings is 1. The maximum absolute atomic E-state index is 13.3. The number of aryl methyl sites for hydroxylation is 2. The molecule has 0 aliphatic carbocycles. The summed E-state index contributed by atoms with van der Waals surface area (Å²) < 4.78 is 18.4. The molecule has 2 nitrogen and oxygen atoms in total. The number of esters is 1.